The molecule has 1 N–H and O–H groups in total. The van der Waals surface area contributed by atoms with Gasteiger partial charge in [-0.15, -0.1) is 0 Å². The highest BCUT2D eigenvalue weighted by molar-refractivity contribution is 5.87. The van der Waals surface area contributed by atoms with Crippen LogP contribution in [-0.2, 0) is 9.59 Å². The average Bonchev–Trinajstić information content (AvgIpc) is 2.75. The lowest BCUT2D eigenvalue weighted by atomic mass is 9.93. The van der Waals surface area contributed by atoms with Gasteiger partial charge < -0.3 is 10.0 Å². The number of rotatable bonds is 4. The van der Waals surface area contributed by atoms with Crippen LogP contribution in [0.4, 0.5) is 5.69 Å². The first kappa shape index (κ1) is 14.0. The SMILES string of the molecule is CCN1C(=O)CC(C(=O)O)C1c1cccc([N+](=O)[O-])c1. The number of amides is 1. The van der Waals surface area contributed by atoms with E-state index < -0.39 is 22.9 Å². The summed E-state index contributed by atoms with van der Waals surface area (Å²) in [6.45, 7) is 2.13. The number of aliphatic carboxylic acids is 1. The summed E-state index contributed by atoms with van der Waals surface area (Å²) in [6.07, 6.45) is -0.0729. The first-order chi connectivity index (χ1) is 9.45. The average molecular weight is 278 g/mol. The standard InChI is InChI=1S/C13H14N2O5/c1-2-14-11(16)7-10(13(17)18)12(14)8-4-3-5-9(6-8)15(19)20/h3-6,10,12H,2,7H2,1H3,(H,17,18). The number of nitrogens with zero attached hydrogens (tertiary/aromatic N) is 2. The number of carboxylic acids is 1. The van der Waals surface area contributed by atoms with Gasteiger partial charge in [-0.3, -0.25) is 19.7 Å². The quantitative estimate of drug-likeness (QED) is 0.665. The molecule has 1 aromatic carbocycles. The van der Waals surface area contributed by atoms with Crippen LogP contribution in [0, 0.1) is 16.0 Å². The molecule has 7 heteroatoms. The van der Waals surface area contributed by atoms with Gasteiger partial charge in [0, 0.05) is 25.1 Å². The lowest BCUT2D eigenvalue weighted by Gasteiger charge is -2.25. The molecule has 1 heterocycles. The summed E-state index contributed by atoms with van der Waals surface area (Å²) in [4.78, 5) is 34.9. The molecule has 2 rings (SSSR count). The molecule has 7 nitrogen and oxygen atoms in total. The third kappa shape index (κ3) is 2.34. The van der Waals surface area contributed by atoms with E-state index in [4.69, 9.17) is 0 Å². The highest BCUT2D eigenvalue weighted by atomic mass is 16.6. The Bertz CT molecular complexity index is 572. The second-order valence-electron chi connectivity index (χ2n) is 4.63. The van der Waals surface area contributed by atoms with Crippen molar-refractivity contribution in [3.8, 4) is 0 Å². The number of hydrogen-bond donors (Lipinski definition) is 1. The van der Waals surface area contributed by atoms with Crippen LogP contribution >= 0.6 is 0 Å². The van der Waals surface area contributed by atoms with Gasteiger partial charge in [0.2, 0.25) is 5.91 Å². The lowest BCUT2D eigenvalue weighted by molar-refractivity contribution is -0.385. The fourth-order valence-electron chi connectivity index (χ4n) is 2.62. The molecule has 0 saturated carbocycles. The minimum atomic E-state index is -1.06. The Morgan fingerprint density at radius 3 is 2.80 bits per heavy atom. The van der Waals surface area contributed by atoms with Crippen molar-refractivity contribution in [3.63, 3.8) is 0 Å². The van der Waals surface area contributed by atoms with E-state index in [1.807, 2.05) is 0 Å². The van der Waals surface area contributed by atoms with Gasteiger partial charge in [0.05, 0.1) is 16.9 Å². The molecule has 1 saturated heterocycles. The molecule has 0 radical (unpaired) electrons. The number of carboxylic acid groups (broad SMARTS) is 1. The van der Waals surface area contributed by atoms with Crippen LogP contribution in [0.3, 0.4) is 0 Å². The smallest absolute Gasteiger partial charge is 0.309 e. The molecular formula is C13H14N2O5. The van der Waals surface area contributed by atoms with Gasteiger partial charge in [-0.05, 0) is 12.5 Å². The van der Waals surface area contributed by atoms with Crippen molar-refractivity contribution in [2.24, 2.45) is 5.92 Å². The van der Waals surface area contributed by atoms with Crippen molar-refractivity contribution >= 4 is 17.6 Å². The van der Waals surface area contributed by atoms with Crippen molar-refractivity contribution in [2.75, 3.05) is 6.54 Å². The number of nitro benzene ring substituents is 1. The van der Waals surface area contributed by atoms with E-state index in [0.717, 1.165) is 0 Å². The zero-order chi connectivity index (χ0) is 14.9. The topological polar surface area (TPSA) is 101 Å². The Balaban J connectivity index is 2.45. The molecule has 2 unspecified atom stereocenters. The molecule has 1 aliphatic rings. The van der Waals surface area contributed by atoms with E-state index in [0.29, 0.717) is 12.1 Å². The third-order valence-electron chi connectivity index (χ3n) is 3.51. The van der Waals surface area contributed by atoms with E-state index in [-0.39, 0.29) is 18.0 Å². The van der Waals surface area contributed by atoms with Crippen molar-refractivity contribution in [1.82, 2.24) is 4.90 Å². The molecule has 1 amide bonds. The van der Waals surface area contributed by atoms with Crippen LogP contribution in [0.25, 0.3) is 0 Å². The van der Waals surface area contributed by atoms with Crippen LogP contribution in [0.1, 0.15) is 24.9 Å². The maximum Gasteiger partial charge on any atom is 0.309 e. The van der Waals surface area contributed by atoms with Crippen molar-refractivity contribution in [1.29, 1.82) is 0 Å². The van der Waals surface area contributed by atoms with E-state index in [1.54, 1.807) is 13.0 Å². The van der Waals surface area contributed by atoms with Crippen LogP contribution in [0.5, 0.6) is 0 Å². The largest absolute Gasteiger partial charge is 0.481 e. The van der Waals surface area contributed by atoms with Gasteiger partial charge >= 0.3 is 5.97 Å². The first-order valence-electron chi connectivity index (χ1n) is 6.22. The lowest BCUT2D eigenvalue weighted by Crippen LogP contribution is -2.30. The van der Waals surface area contributed by atoms with Gasteiger partial charge in [0.1, 0.15) is 0 Å². The van der Waals surface area contributed by atoms with Crippen molar-refractivity contribution < 1.29 is 19.6 Å². The monoisotopic (exact) mass is 278 g/mol. The predicted octanol–water partition coefficient (Wildman–Crippen LogP) is 1.59. The molecule has 0 aromatic heterocycles. The zero-order valence-corrected chi connectivity index (χ0v) is 10.9. The molecule has 106 valence electrons. The summed E-state index contributed by atoms with van der Waals surface area (Å²) >= 11 is 0. The summed E-state index contributed by atoms with van der Waals surface area (Å²) in [6, 6.07) is 5.15. The normalized spacial score (nSPS) is 22.1. The van der Waals surface area contributed by atoms with Gasteiger partial charge in [0.15, 0.2) is 0 Å². The second-order valence-corrected chi connectivity index (χ2v) is 4.63. The number of carbonyl (C=O) groups excluding carboxylic acids is 1. The summed E-state index contributed by atoms with van der Waals surface area (Å²) in [5, 5.41) is 20.0. The van der Waals surface area contributed by atoms with E-state index in [1.165, 1.54) is 23.1 Å². The third-order valence-corrected chi connectivity index (χ3v) is 3.51. The highest BCUT2D eigenvalue weighted by Gasteiger charge is 2.44. The zero-order valence-electron chi connectivity index (χ0n) is 10.9. The number of non-ortho nitro benzene ring substituents is 1. The summed E-state index contributed by atoms with van der Waals surface area (Å²) < 4.78 is 0. The van der Waals surface area contributed by atoms with Gasteiger partial charge in [-0.1, -0.05) is 12.1 Å². The Morgan fingerprint density at radius 1 is 1.55 bits per heavy atom. The van der Waals surface area contributed by atoms with Crippen LogP contribution < -0.4 is 0 Å². The molecule has 1 fully saturated rings. The van der Waals surface area contributed by atoms with Crippen molar-refractivity contribution in [3.05, 3.63) is 39.9 Å². The Hall–Kier alpha value is -2.44. The Labute approximate surface area is 115 Å². The molecule has 0 aliphatic carbocycles. The number of hydrogen-bond acceptors (Lipinski definition) is 4. The number of likely N-dealkylation sites (tertiary alicyclic amines) is 1. The fourth-order valence-corrected chi connectivity index (χ4v) is 2.62. The van der Waals surface area contributed by atoms with Gasteiger partial charge in [-0.25, -0.2) is 0 Å². The summed E-state index contributed by atoms with van der Waals surface area (Å²) in [5.41, 5.74) is 0.376. The van der Waals surface area contributed by atoms with E-state index in [9.17, 15) is 24.8 Å². The molecule has 1 aromatic rings. The highest BCUT2D eigenvalue weighted by Crippen LogP contribution is 2.38. The summed E-state index contributed by atoms with van der Waals surface area (Å²) in [7, 11) is 0. The summed E-state index contributed by atoms with van der Waals surface area (Å²) in [5.74, 6) is -2.17. The van der Waals surface area contributed by atoms with Gasteiger partial charge in [0.25, 0.3) is 5.69 Å². The number of nitro groups is 1. The maximum atomic E-state index is 11.9. The molecule has 0 spiro atoms. The molecule has 20 heavy (non-hydrogen) atoms. The first-order valence-corrected chi connectivity index (χ1v) is 6.22. The predicted molar refractivity (Wildman–Crippen MR) is 69.0 cm³/mol. The number of benzene rings is 1. The number of carbonyl (C=O) groups is 2. The van der Waals surface area contributed by atoms with E-state index in [2.05, 4.69) is 0 Å². The maximum absolute atomic E-state index is 11.9. The Morgan fingerprint density at radius 2 is 2.25 bits per heavy atom. The second kappa shape index (κ2) is 5.28. The molecule has 0 bridgehead atoms. The van der Waals surface area contributed by atoms with Crippen molar-refractivity contribution in [2.45, 2.75) is 19.4 Å². The molecule has 1 aliphatic heterocycles. The van der Waals surface area contributed by atoms with Gasteiger partial charge in [-0.2, -0.15) is 0 Å². The molecule has 2 atom stereocenters. The van der Waals surface area contributed by atoms with Crippen LogP contribution in [0.2, 0.25) is 0 Å². The fraction of sp³-hybridized carbons (Fsp3) is 0.385. The minimum absolute atomic E-state index is 0.0729. The van der Waals surface area contributed by atoms with Crippen LogP contribution in [0.15, 0.2) is 24.3 Å². The molecular weight excluding hydrogens is 264 g/mol. The Kier molecular flexibility index (Phi) is 3.69. The van der Waals surface area contributed by atoms with E-state index >= 15 is 0 Å². The minimum Gasteiger partial charge on any atom is -0.481 e. The van der Waals surface area contributed by atoms with Crippen LogP contribution in [-0.4, -0.2) is 33.4 Å².